The summed E-state index contributed by atoms with van der Waals surface area (Å²) in [5.41, 5.74) is 0. The number of carbonyl (C=O) groups excluding carboxylic acids is 1. The monoisotopic (exact) mass is 174 g/mol. The van der Waals surface area contributed by atoms with Crippen molar-refractivity contribution in [1.29, 1.82) is 0 Å². The number of carbonyl (C=O) groups is 1. The van der Waals surface area contributed by atoms with Gasteiger partial charge >= 0.3 is 5.97 Å². The van der Waals surface area contributed by atoms with Crippen molar-refractivity contribution in [1.82, 2.24) is 0 Å². The Balaban J connectivity index is 2.08. The second-order valence-electron chi connectivity index (χ2n) is 3.04. The van der Waals surface area contributed by atoms with Gasteiger partial charge in [-0.3, -0.25) is 4.79 Å². The van der Waals surface area contributed by atoms with Crippen LogP contribution in [0.2, 0.25) is 0 Å². The van der Waals surface area contributed by atoms with E-state index in [2.05, 4.69) is 0 Å². The molecular formula is C7H10O5. The molecule has 0 spiro atoms. The summed E-state index contributed by atoms with van der Waals surface area (Å²) in [7, 11) is 0. The van der Waals surface area contributed by atoms with Crippen molar-refractivity contribution in [3.8, 4) is 0 Å². The van der Waals surface area contributed by atoms with Gasteiger partial charge in [-0.25, -0.2) is 0 Å². The molecule has 5 nitrogen and oxygen atoms in total. The average molecular weight is 174 g/mol. The van der Waals surface area contributed by atoms with Gasteiger partial charge in [0, 0.05) is 0 Å². The number of aliphatic hydroxyl groups excluding tert-OH is 2. The molecule has 68 valence electrons. The minimum atomic E-state index is -0.883. The molecule has 2 saturated heterocycles. The first-order valence-corrected chi connectivity index (χ1v) is 3.86. The molecule has 0 radical (unpaired) electrons. The Labute approximate surface area is 68.9 Å². The fourth-order valence-corrected chi connectivity index (χ4v) is 1.64. The standard InChI is InChI=1S/C7H10O5/c8-2-4-6(10)7-3(11-4)1-5(9)12-7/h3-4,6-8,10H,1-2H2/t3-,4-,6-,7+/m0/s1. The number of rotatable bonds is 1. The van der Waals surface area contributed by atoms with E-state index in [1.165, 1.54) is 0 Å². The molecule has 2 N–H and O–H groups in total. The van der Waals surface area contributed by atoms with Gasteiger partial charge in [0.15, 0.2) is 6.10 Å². The van der Waals surface area contributed by atoms with Crippen LogP contribution in [0, 0.1) is 0 Å². The topological polar surface area (TPSA) is 76.0 Å². The fourth-order valence-electron chi connectivity index (χ4n) is 1.64. The van der Waals surface area contributed by atoms with Crippen molar-refractivity contribution in [3.63, 3.8) is 0 Å². The normalized spacial score (nSPS) is 46.0. The van der Waals surface area contributed by atoms with Crippen molar-refractivity contribution < 1.29 is 24.5 Å². The predicted octanol–water partition coefficient (Wildman–Crippen LogP) is -1.58. The third-order valence-electron chi connectivity index (χ3n) is 2.25. The second-order valence-corrected chi connectivity index (χ2v) is 3.04. The van der Waals surface area contributed by atoms with Gasteiger partial charge in [0.05, 0.1) is 13.0 Å². The molecule has 2 heterocycles. The van der Waals surface area contributed by atoms with Crippen molar-refractivity contribution in [2.45, 2.75) is 30.8 Å². The molecule has 0 amide bonds. The molecule has 0 aromatic carbocycles. The van der Waals surface area contributed by atoms with Crippen molar-refractivity contribution in [2.24, 2.45) is 0 Å². The molecule has 2 aliphatic rings. The van der Waals surface area contributed by atoms with Gasteiger partial charge in [-0.15, -0.1) is 0 Å². The van der Waals surface area contributed by atoms with Gasteiger partial charge in [0.25, 0.3) is 0 Å². The fraction of sp³-hybridized carbons (Fsp3) is 0.857. The maximum atomic E-state index is 10.7. The van der Waals surface area contributed by atoms with Gasteiger partial charge in [0.2, 0.25) is 0 Å². The third kappa shape index (κ3) is 1.01. The molecule has 12 heavy (non-hydrogen) atoms. The highest BCUT2D eigenvalue weighted by atomic mass is 16.6. The number of esters is 1. The zero-order chi connectivity index (χ0) is 8.72. The van der Waals surface area contributed by atoms with E-state index in [0.717, 1.165) is 0 Å². The molecule has 2 aliphatic heterocycles. The lowest BCUT2D eigenvalue weighted by Gasteiger charge is -2.13. The Bertz CT molecular complexity index is 204. The molecule has 0 aliphatic carbocycles. The molecule has 0 aromatic rings. The molecule has 4 atom stereocenters. The Hall–Kier alpha value is -0.650. The van der Waals surface area contributed by atoms with E-state index >= 15 is 0 Å². The summed E-state index contributed by atoms with van der Waals surface area (Å²) in [6, 6.07) is 0. The first-order chi connectivity index (χ1) is 5.72. The Morgan fingerprint density at radius 3 is 2.92 bits per heavy atom. The zero-order valence-corrected chi connectivity index (χ0v) is 6.34. The third-order valence-corrected chi connectivity index (χ3v) is 2.25. The summed E-state index contributed by atoms with van der Waals surface area (Å²) in [6.45, 7) is -0.244. The highest BCUT2D eigenvalue weighted by Gasteiger charge is 2.50. The maximum Gasteiger partial charge on any atom is 0.309 e. The van der Waals surface area contributed by atoms with Crippen molar-refractivity contribution in [3.05, 3.63) is 0 Å². The average Bonchev–Trinajstić information content (AvgIpc) is 2.51. The van der Waals surface area contributed by atoms with Crippen LogP contribution in [0.3, 0.4) is 0 Å². The van der Waals surface area contributed by atoms with E-state index < -0.39 is 18.3 Å². The van der Waals surface area contributed by atoms with Crippen LogP contribution in [-0.4, -0.2) is 47.2 Å². The molecule has 0 unspecified atom stereocenters. The van der Waals surface area contributed by atoms with E-state index in [-0.39, 0.29) is 25.1 Å². The second kappa shape index (κ2) is 2.69. The molecule has 0 aromatic heterocycles. The van der Waals surface area contributed by atoms with Crippen molar-refractivity contribution >= 4 is 5.97 Å². The quantitative estimate of drug-likeness (QED) is 0.469. The Kier molecular flexibility index (Phi) is 1.79. The molecule has 2 fully saturated rings. The van der Waals surface area contributed by atoms with Gasteiger partial charge in [0.1, 0.15) is 18.3 Å². The van der Waals surface area contributed by atoms with E-state index in [0.29, 0.717) is 0 Å². The summed E-state index contributed by atoms with van der Waals surface area (Å²) in [5.74, 6) is -0.347. The number of fused-ring (bicyclic) bond motifs is 1. The number of aliphatic hydroxyl groups is 2. The van der Waals surface area contributed by atoms with Crippen LogP contribution in [-0.2, 0) is 14.3 Å². The molecule has 0 saturated carbocycles. The summed E-state index contributed by atoms with van der Waals surface area (Å²) in [6.07, 6.45) is -2.25. The van der Waals surface area contributed by atoms with E-state index in [4.69, 9.17) is 14.6 Å². The summed E-state index contributed by atoms with van der Waals surface area (Å²) in [4.78, 5) is 10.7. The van der Waals surface area contributed by atoms with Crippen LogP contribution in [0.1, 0.15) is 6.42 Å². The van der Waals surface area contributed by atoms with Gasteiger partial charge in [-0.1, -0.05) is 0 Å². The van der Waals surface area contributed by atoms with Crippen LogP contribution >= 0.6 is 0 Å². The largest absolute Gasteiger partial charge is 0.457 e. The summed E-state index contributed by atoms with van der Waals surface area (Å²) < 4.78 is 9.98. The van der Waals surface area contributed by atoms with Gasteiger partial charge in [-0.05, 0) is 0 Å². The molecule has 0 bridgehead atoms. The Morgan fingerprint density at radius 1 is 1.58 bits per heavy atom. The molecular weight excluding hydrogens is 164 g/mol. The van der Waals surface area contributed by atoms with Gasteiger partial charge in [-0.2, -0.15) is 0 Å². The van der Waals surface area contributed by atoms with Crippen LogP contribution in [0.4, 0.5) is 0 Å². The zero-order valence-electron chi connectivity index (χ0n) is 6.34. The number of ether oxygens (including phenoxy) is 2. The summed E-state index contributed by atoms with van der Waals surface area (Å²) >= 11 is 0. The minimum absolute atomic E-state index is 0.179. The van der Waals surface area contributed by atoms with E-state index in [1.807, 2.05) is 0 Å². The summed E-state index contributed by atoms with van der Waals surface area (Å²) in [5, 5.41) is 18.1. The highest BCUT2D eigenvalue weighted by Crippen LogP contribution is 2.31. The molecule has 5 heteroatoms. The van der Waals surface area contributed by atoms with E-state index in [9.17, 15) is 9.90 Å². The van der Waals surface area contributed by atoms with Gasteiger partial charge < -0.3 is 19.7 Å². The smallest absolute Gasteiger partial charge is 0.309 e. The first kappa shape index (κ1) is 7.97. The lowest BCUT2D eigenvalue weighted by atomic mass is 10.1. The van der Waals surface area contributed by atoms with Crippen LogP contribution in [0.25, 0.3) is 0 Å². The first-order valence-electron chi connectivity index (χ1n) is 3.86. The lowest BCUT2D eigenvalue weighted by molar-refractivity contribution is -0.146. The van der Waals surface area contributed by atoms with Crippen LogP contribution in [0.15, 0.2) is 0 Å². The van der Waals surface area contributed by atoms with E-state index in [1.54, 1.807) is 0 Å². The number of hydrogen-bond donors (Lipinski definition) is 2. The lowest BCUT2D eigenvalue weighted by Crippen LogP contribution is -2.33. The maximum absolute atomic E-state index is 10.7. The van der Waals surface area contributed by atoms with Crippen LogP contribution < -0.4 is 0 Å². The minimum Gasteiger partial charge on any atom is -0.457 e. The predicted molar refractivity (Wildman–Crippen MR) is 36.3 cm³/mol. The Morgan fingerprint density at radius 2 is 2.33 bits per heavy atom. The number of hydrogen-bond acceptors (Lipinski definition) is 5. The highest BCUT2D eigenvalue weighted by molar-refractivity contribution is 5.72. The van der Waals surface area contributed by atoms with Crippen LogP contribution in [0.5, 0.6) is 0 Å². The SMILES string of the molecule is O=C1C[C@@H]2O[C@@H](CO)[C@H](O)[C@@H]2O1. The van der Waals surface area contributed by atoms with Crippen molar-refractivity contribution in [2.75, 3.05) is 6.61 Å². The molecule has 2 rings (SSSR count).